The van der Waals surface area contributed by atoms with Crippen LogP contribution in [0.2, 0.25) is 0 Å². The molecule has 3 rings (SSSR count). The molecule has 0 aliphatic heterocycles. The fraction of sp³-hybridized carbons (Fsp3) is 0.556. The van der Waals surface area contributed by atoms with Crippen molar-refractivity contribution in [2.45, 2.75) is 52.0 Å². The average molecular weight is 343 g/mol. The van der Waals surface area contributed by atoms with E-state index in [4.69, 9.17) is 4.98 Å². The molecule has 2 aromatic heterocycles. The highest BCUT2D eigenvalue weighted by Gasteiger charge is 2.28. The number of carbonyl (C=O) groups is 2. The van der Waals surface area contributed by atoms with Crippen LogP contribution in [0, 0.1) is 0 Å². The van der Waals surface area contributed by atoms with Crippen LogP contribution in [0.3, 0.4) is 0 Å². The van der Waals surface area contributed by atoms with E-state index in [0.717, 1.165) is 36.0 Å². The van der Waals surface area contributed by atoms with Crippen LogP contribution in [0.5, 0.6) is 0 Å². The van der Waals surface area contributed by atoms with Crippen molar-refractivity contribution in [3.63, 3.8) is 0 Å². The van der Waals surface area contributed by atoms with E-state index in [9.17, 15) is 9.59 Å². The molecule has 2 heterocycles. The van der Waals surface area contributed by atoms with E-state index in [2.05, 4.69) is 15.7 Å². The first-order valence-electron chi connectivity index (χ1n) is 8.94. The molecule has 1 fully saturated rings. The van der Waals surface area contributed by atoms with Crippen molar-refractivity contribution in [2.24, 2.45) is 0 Å². The Balaban J connectivity index is 1.86. The molecule has 134 valence electrons. The third kappa shape index (κ3) is 3.81. The zero-order valence-electron chi connectivity index (χ0n) is 15.0. The Morgan fingerprint density at radius 2 is 2.08 bits per heavy atom. The standard InChI is InChI=1S/C18H25N5O2/c1-4-7-19-16(24)10-20-18(25)13-8-15(12-5-6-12)22-17-14(13)9-21-23(17)11(2)3/h8-9,11-12H,4-7,10H2,1-3H3,(H,19,24)(H,20,25). The maximum atomic E-state index is 12.7. The summed E-state index contributed by atoms with van der Waals surface area (Å²) in [5.74, 6) is -0.00985. The highest BCUT2D eigenvalue weighted by molar-refractivity contribution is 6.06. The minimum atomic E-state index is -0.260. The first-order valence-corrected chi connectivity index (χ1v) is 8.94. The molecule has 2 N–H and O–H groups in total. The molecule has 1 saturated carbocycles. The number of hydrogen-bond donors (Lipinski definition) is 2. The van der Waals surface area contributed by atoms with Gasteiger partial charge < -0.3 is 10.6 Å². The molecular formula is C18H25N5O2. The van der Waals surface area contributed by atoms with E-state index in [1.54, 1.807) is 6.20 Å². The van der Waals surface area contributed by atoms with Gasteiger partial charge in [-0.1, -0.05) is 6.92 Å². The molecule has 7 heteroatoms. The topological polar surface area (TPSA) is 88.9 Å². The fourth-order valence-corrected chi connectivity index (χ4v) is 2.77. The van der Waals surface area contributed by atoms with Crippen molar-refractivity contribution in [3.8, 4) is 0 Å². The van der Waals surface area contributed by atoms with Gasteiger partial charge in [-0.15, -0.1) is 0 Å². The molecule has 0 bridgehead atoms. The Morgan fingerprint density at radius 1 is 1.32 bits per heavy atom. The van der Waals surface area contributed by atoms with Gasteiger partial charge in [-0.3, -0.25) is 9.59 Å². The van der Waals surface area contributed by atoms with E-state index in [-0.39, 0.29) is 24.4 Å². The molecule has 25 heavy (non-hydrogen) atoms. The summed E-state index contributed by atoms with van der Waals surface area (Å²) in [5, 5.41) is 10.6. The second kappa shape index (κ2) is 7.21. The summed E-state index contributed by atoms with van der Waals surface area (Å²) in [4.78, 5) is 29.1. The van der Waals surface area contributed by atoms with E-state index in [0.29, 0.717) is 18.0 Å². The van der Waals surface area contributed by atoms with Gasteiger partial charge >= 0.3 is 0 Å². The van der Waals surface area contributed by atoms with Gasteiger partial charge in [0.2, 0.25) is 5.91 Å². The fourth-order valence-electron chi connectivity index (χ4n) is 2.77. The maximum absolute atomic E-state index is 12.7. The van der Waals surface area contributed by atoms with Crippen LogP contribution < -0.4 is 10.6 Å². The molecule has 0 aromatic carbocycles. The quantitative estimate of drug-likeness (QED) is 0.806. The van der Waals surface area contributed by atoms with E-state index >= 15 is 0 Å². The van der Waals surface area contributed by atoms with E-state index in [1.807, 2.05) is 31.5 Å². The molecule has 2 aromatic rings. The van der Waals surface area contributed by atoms with Crippen LogP contribution in [0.4, 0.5) is 0 Å². The SMILES string of the molecule is CCCNC(=O)CNC(=O)c1cc(C2CC2)nc2c1cnn2C(C)C. The minimum Gasteiger partial charge on any atom is -0.355 e. The van der Waals surface area contributed by atoms with Gasteiger partial charge in [0.15, 0.2) is 5.65 Å². The molecule has 1 aliphatic rings. The Bertz CT molecular complexity index is 792. The van der Waals surface area contributed by atoms with Gasteiger partial charge in [0, 0.05) is 24.2 Å². The Hall–Kier alpha value is -2.44. The van der Waals surface area contributed by atoms with Crippen molar-refractivity contribution < 1.29 is 9.59 Å². The molecule has 0 spiro atoms. The lowest BCUT2D eigenvalue weighted by Crippen LogP contribution is -2.37. The van der Waals surface area contributed by atoms with Crippen LogP contribution in [0.15, 0.2) is 12.3 Å². The number of rotatable bonds is 7. The highest BCUT2D eigenvalue weighted by Crippen LogP contribution is 2.40. The summed E-state index contributed by atoms with van der Waals surface area (Å²) < 4.78 is 1.84. The predicted molar refractivity (Wildman–Crippen MR) is 95.5 cm³/mol. The van der Waals surface area contributed by atoms with Gasteiger partial charge in [0.05, 0.1) is 23.7 Å². The normalized spacial score (nSPS) is 14.1. The first-order chi connectivity index (χ1) is 12.0. The van der Waals surface area contributed by atoms with E-state index < -0.39 is 0 Å². The van der Waals surface area contributed by atoms with Crippen molar-refractivity contribution in [1.82, 2.24) is 25.4 Å². The molecular weight excluding hydrogens is 318 g/mol. The van der Waals surface area contributed by atoms with Crippen LogP contribution in [0.25, 0.3) is 11.0 Å². The second-order valence-electron chi connectivity index (χ2n) is 6.82. The molecule has 0 atom stereocenters. The third-order valence-electron chi connectivity index (χ3n) is 4.30. The summed E-state index contributed by atoms with van der Waals surface area (Å²) in [7, 11) is 0. The Labute approximate surface area is 147 Å². The van der Waals surface area contributed by atoms with Gasteiger partial charge in [0.1, 0.15) is 0 Å². The van der Waals surface area contributed by atoms with Gasteiger partial charge in [-0.2, -0.15) is 5.10 Å². The van der Waals surface area contributed by atoms with Gasteiger partial charge in [-0.25, -0.2) is 9.67 Å². The largest absolute Gasteiger partial charge is 0.355 e. The molecule has 1 aliphatic carbocycles. The van der Waals surface area contributed by atoms with Crippen LogP contribution in [0.1, 0.15) is 68.0 Å². The molecule has 0 unspecified atom stereocenters. The summed E-state index contributed by atoms with van der Waals surface area (Å²) in [6.45, 7) is 6.64. The number of nitrogens with zero attached hydrogens (tertiary/aromatic N) is 3. The van der Waals surface area contributed by atoms with Gasteiger partial charge in [0.25, 0.3) is 5.91 Å². The van der Waals surface area contributed by atoms with Crippen molar-refractivity contribution >= 4 is 22.8 Å². The maximum Gasteiger partial charge on any atom is 0.252 e. The van der Waals surface area contributed by atoms with Crippen LogP contribution >= 0.6 is 0 Å². The summed E-state index contributed by atoms with van der Waals surface area (Å²) >= 11 is 0. The molecule has 0 radical (unpaired) electrons. The van der Waals surface area contributed by atoms with Crippen molar-refractivity contribution in [2.75, 3.05) is 13.1 Å². The van der Waals surface area contributed by atoms with Crippen LogP contribution in [-0.2, 0) is 4.79 Å². The van der Waals surface area contributed by atoms with Crippen LogP contribution in [-0.4, -0.2) is 39.7 Å². The Morgan fingerprint density at radius 3 is 2.72 bits per heavy atom. The van der Waals surface area contributed by atoms with E-state index in [1.165, 1.54) is 0 Å². The second-order valence-corrected chi connectivity index (χ2v) is 6.82. The lowest BCUT2D eigenvalue weighted by atomic mass is 10.1. The average Bonchev–Trinajstić information content (AvgIpc) is 3.35. The lowest BCUT2D eigenvalue weighted by Gasteiger charge is -2.10. The first kappa shape index (κ1) is 17.4. The summed E-state index contributed by atoms with van der Waals surface area (Å²) in [5.41, 5.74) is 2.22. The lowest BCUT2D eigenvalue weighted by molar-refractivity contribution is -0.120. The molecule has 0 saturated heterocycles. The zero-order valence-corrected chi connectivity index (χ0v) is 15.0. The number of nitrogens with one attached hydrogen (secondary N) is 2. The summed E-state index contributed by atoms with van der Waals surface area (Å²) in [6, 6.07) is 2.02. The third-order valence-corrected chi connectivity index (χ3v) is 4.30. The predicted octanol–water partition coefficient (Wildman–Crippen LogP) is 2.15. The number of aromatic nitrogens is 3. The number of amides is 2. The number of carbonyl (C=O) groups excluding carboxylic acids is 2. The van der Waals surface area contributed by atoms with Gasteiger partial charge in [-0.05, 0) is 39.2 Å². The number of fused-ring (bicyclic) bond motifs is 1. The van der Waals surface area contributed by atoms with Crippen molar-refractivity contribution in [1.29, 1.82) is 0 Å². The molecule has 2 amide bonds. The minimum absolute atomic E-state index is 0.0280. The molecule has 7 nitrogen and oxygen atoms in total. The van der Waals surface area contributed by atoms with Crippen molar-refractivity contribution in [3.05, 3.63) is 23.5 Å². The monoisotopic (exact) mass is 343 g/mol. The number of hydrogen-bond acceptors (Lipinski definition) is 4. The highest BCUT2D eigenvalue weighted by atomic mass is 16.2. The Kier molecular flexibility index (Phi) is 5.01. The summed E-state index contributed by atoms with van der Waals surface area (Å²) in [6.07, 6.45) is 4.76. The smallest absolute Gasteiger partial charge is 0.252 e. The number of pyridine rings is 1. The zero-order chi connectivity index (χ0) is 18.0.